The summed E-state index contributed by atoms with van der Waals surface area (Å²) in [6.45, 7) is 0.183. The summed E-state index contributed by atoms with van der Waals surface area (Å²) in [5, 5.41) is 5.88. The number of hydrogen-bond acceptors (Lipinski definition) is 6. The smallest absolute Gasteiger partial charge is 0.335 e. The Bertz CT molecular complexity index is 855. The van der Waals surface area contributed by atoms with Crippen LogP contribution < -0.4 is 0 Å². The Hall–Kier alpha value is -1.99. The summed E-state index contributed by atoms with van der Waals surface area (Å²) in [4.78, 5) is 16.9. The minimum Gasteiger partial charge on any atom is -0.335 e. The van der Waals surface area contributed by atoms with Crippen LogP contribution in [-0.2, 0) is 16.2 Å². The van der Waals surface area contributed by atoms with Crippen LogP contribution >= 0.6 is 11.3 Å². The van der Waals surface area contributed by atoms with Gasteiger partial charge in [-0.25, -0.2) is 13.4 Å². The highest BCUT2D eigenvalue weighted by atomic mass is 32.2. The van der Waals surface area contributed by atoms with Crippen LogP contribution in [-0.4, -0.2) is 64.9 Å². The molecule has 3 heterocycles. The lowest BCUT2D eigenvalue weighted by atomic mass is 10.3. The van der Waals surface area contributed by atoms with Gasteiger partial charge in [0.15, 0.2) is 10.0 Å². The standard InChI is InChI=1S/C12H12F3N5O3S2/c13-12(14,15)11-17-8(7-24-11)10(21)19-3-5-20(6-4-19)25(22,23)9-1-2-16-18-9/h1-2,7H,3-6H2,(H,16,18). The van der Waals surface area contributed by atoms with Gasteiger partial charge < -0.3 is 4.90 Å². The number of amides is 1. The zero-order valence-corrected chi connectivity index (χ0v) is 14.2. The fourth-order valence-electron chi connectivity index (χ4n) is 2.32. The summed E-state index contributed by atoms with van der Waals surface area (Å²) in [5.41, 5.74) is -0.290. The van der Waals surface area contributed by atoms with E-state index in [-0.39, 0.29) is 36.9 Å². The lowest BCUT2D eigenvalue weighted by Gasteiger charge is -2.33. The van der Waals surface area contributed by atoms with Crippen LogP contribution in [0.25, 0.3) is 0 Å². The van der Waals surface area contributed by atoms with Crippen LogP contribution in [0.15, 0.2) is 22.7 Å². The largest absolute Gasteiger partial charge is 0.443 e. The minimum atomic E-state index is -4.60. The summed E-state index contributed by atoms with van der Waals surface area (Å²) in [7, 11) is -3.73. The van der Waals surface area contributed by atoms with Gasteiger partial charge in [-0.15, -0.1) is 11.3 Å². The third-order valence-corrected chi connectivity index (χ3v) is 6.30. The van der Waals surface area contributed by atoms with E-state index in [9.17, 15) is 26.4 Å². The zero-order chi connectivity index (χ0) is 18.2. The highest BCUT2D eigenvalue weighted by Crippen LogP contribution is 2.32. The van der Waals surface area contributed by atoms with E-state index in [4.69, 9.17) is 0 Å². The molecular weight excluding hydrogens is 383 g/mol. The number of nitrogens with one attached hydrogen (secondary N) is 1. The van der Waals surface area contributed by atoms with E-state index in [0.29, 0.717) is 11.3 Å². The zero-order valence-electron chi connectivity index (χ0n) is 12.5. The van der Waals surface area contributed by atoms with Gasteiger partial charge in [-0.05, 0) is 6.07 Å². The van der Waals surface area contributed by atoms with Crippen molar-refractivity contribution in [3.63, 3.8) is 0 Å². The quantitative estimate of drug-likeness (QED) is 0.837. The van der Waals surface area contributed by atoms with Gasteiger partial charge in [-0.1, -0.05) is 0 Å². The Kier molecular flexibility index (Phi) is 4.55. The second kappa shape index (κ2) is 6.38. The number of aromatic nitrogens is 3. The third kappa shape index (κ3) is 3.52. The van der Waals surface area contributed by atoms with E-state index in [0.717, 1.165) is 5.38 Å². The molecule has 1 fully saturated rings. The third-order valence-electron chi connectivity index (χ3n) is 3.58. The second-order valence-electron chi connectivity index (χ2n) is 5.15. The van der Waals surface area contributed by atoms with Gasteiger partial charge in [0, 0.05) is 31.6 Å². The maximum absolute atomic E-state index is 12.6. The molecule has 0 saturated carbocycles. The van der Waals surface area contributed by atoms with Crippen LogP contribution in [0.5, 0.6) is 0 Å². The number of H-pyrrole nitrogens is 1. The number of halogens is 3. The summed E-state index contributed by atoms with van der Waals surface area (Å²) in [6, 6.07) is 1.32. The van der Waals surface area contributed by atoms with E-state index in [1.807, 2.05) is 0 Å². The number of nitrogens with zero attached hydrogens (tertiary/aromatic N) is 4. The normalized spacial score (nSPS) is 17.0. The number of carbonyl (C=O) groups is 1. The van der Waals surface area contributed by atoms with Crippen molar-refractivity contribution in [1.29, 1.82) is 0 Å². The highest BCUT2D eigenvalue weighted by molar-refractivity contribution is 7.89. The van der Waals surface area contributed by atoms with Crippen LogP contribution in [0.2, 0.25) is 0 Å². The topological polar surface area (TPSA) is 99.3 Å². The summed E-state index contributed by atoms with van der Waals surface area (Å²) in [6.07, 6.45) is -3.28. The Morgan fingerprint density at radius 1 is 1.24 bits per heavy atom. The Balaban J connectivity index is 1.66. The Labute approximate surface area is 144 Å². The molecule has 13 heteroatoms. The SMILES string of the molecule is O=C(c1csc(C(F)(F)F)n1)N1CCN(S(=O)(=O)c2ccn[nH]2)CC1. The van der Waals surface area contributed by atoms with Crippen LogP contribution in [0.1, 0.15) is 15.5 Å². The predicted octanol–water partition coefficient (Wildman–Crippen LogP) is 1.03. The fraction of sp³-hybridized carbons (Fsp3) is 0.417. The number of piperazine rings is 1. The Morgan fingerprint density at radius 2 is 1.92 bits per heavy atom. The van der Waals surface area contributed by atoms with Gasteiger partial charge in [0.2, 0.25) is 0 Å². The van der Waals surface area contributed by atoms with Gasteiger partial charge >= 0.3 is 6.18 Å². The number of rotatable bonds is 3. The lowest BCUT2D eigenvalue weighted by molar-refractivity contribution is -0.137. The summed E-state index contributed by atoms with van der Waals surface area (Å²) < 4.78 is 63.5. The lowest BCUT2D eigenvalue weighted by Crippen LogP contribution is -2.50. The van der Waals surface area contributed by atoms with Crippen LogP contribution in [0.4, 0.5) is 13.2 Å². The molecule has 1 N–H and O–H groups in total. The van der Waals surface area contributed by atoms with Crippen molar-refractivity contribution in [2.24, 2.45) is 0 Å². The average Bonchev–Trinajstić information content (AvgIpc) is 3.25. The van der Waals surface area contributed by atoms with Crippen molar-refractivity contribution in [3.05, 3.63) is 28.3 Å². The van der Waals surface area contributed by atoms with Crippen molar-refractivity contribution in [2.45, 2.75) is 11.2 Å². The van der Waals surface area contributed by atoms with Crippen molar-refractivity contribution in [2.75, 3.05) is 26.2 Å². The molecule has 1 aliphatic rings. The molecule has 0 unspecified atom stereocenters. The number of aromatic amines is 1. The first-order chi connectivity index (χ1) is 11.7. The van der Waals surface area contributed by atoms with E-state index < -0.39 is 27.1 Å². The van der Waals surface area contributed by atoms with Gasteiger partial charge in [-0.2, -0.15) is 22.6 Å². The summed E-state index contributed by atoms with van der Waals surface area (Å²) in [5.74, 6) is -0.648. The monoisotopic (exact) mass is 395 g/mol. The molecule has 1 amide bonds. The van der Waals surface area contributed by atoms with Gasteiger partial charge in [0.25, 0.3) is 15.9 Å². The van der Waals surface area contributed by atoms with Crippen LogP contribution in [0.3, 0.4) is 0 Å². The molecule has 2 aromatic rings. The van der Waals surface area contributed by atoms with E-state index >= 15 is 0 Å². The van der Waals surface area contributed by atoms with Crippen molar-refractivity contribution >= 4 is 27.3 Å². The highest BCUT2D eigenvalue weighted by Gasteiger charge is 2.36. The molecule has 0 bridgehead atoms. The molecule has 0 spiro atoms. The number of sulfonamides is 1. The number of alkyl halides is 3. The van der Waals surface area contributed by atoms with E-state index in [1.165, 1.54) is 21.5 Å². The molecule has 0 aromatic carbocycles. The van der Waals surface area contributed by atoms with E-state index in [1.54, 1.807) is 0 Å². The van der Waals surface area contributed by atoms with Gasteiger partial charge in [0.05, 0.1) is 6.20 Å². The molecule has 2 aromatic heterocycles. The summed E-state index contributed by atoms with van der Waals surface area (Å²) >= 11 is 0.351. The first-order valence-corrected chi connectivity index (χ1v) is 9.33. The molecule has 1 aliphatic heterocycles. The molecule has 0 atom stereocenters. The molecule has 8 nitrogen and oxygen atoms in total. The first kappa shape index (κ1) is 17.8. The van der Waals surface area contributed by atoms with Crippen molar-refractivity contribution in [1.82, 2.24) is 24.4 Å². The molecular formula is C12H12F3N5O3S2. The molecule has 3 rings (SSSR count). The second-order valence-corrected chi connectivity index (χ2v) is 7.92. The fourth-order valence-corrected chi connectivity index (χ4v) is 4.31. The molecule has 1 saturated heterocycles. The molecule has 0 radical (unpaired) electrons. The molecule has 0 aliphatic carbocycles. The Morgan fingerprint density at radius 3 is 2.44 bits per heavy atom. The number of carbonyl (C=O) groups excluding carboxylic acids is 1. The van der Waals surface area contributed by atoms with Crippen molar-refractivity contribution in [3.8, 4) is 0 Å². The predicted molar refractivity (Wildman–Crippen MR) is 80.4 cm³/mol. The number of thiazole rings is 1. The number of hydrogen-bond donors (Lipinski definition) is 1. The van der Waals surface area contributed by atoms with Crippen LogP contribution in [0, 0.1) is 0 Å². The maximum atomic E-state index is 12.6. The van der Waals surface area contributed by atoms with Gasteiger partial charge in [-0.3, -0.25) is 9.89 Å². The average molecular weight is 395 g/mol. The van der Waals surface area contributed by atoms with Crippen molar-refractivity contribution < 1.29 is 26.4 Å². The van der Waals surface area contributed by atoms with Gasteiger partial charge in [0.1, 0.15) is 5.69 Å². The van der Waals surface area contributed by atoms with E-state index in [2.05, 4.69) is 15.2 Å². The molecule has 25 heavy (non-hydrogen) atoms. The maximum Gasteiger partial charge on any atom is 0.443 e. The minimum absolute atomic E-state index is 0.0311. The first-order valence-electron chi connectivity index (χ1n) is 7.01. The molecule has 136 valence electrons.